The maximum atomic E-state index is 13.3. The van der Waals surface area contributed by atoms with Crippen molar-refractivity contribution in [2.75, 3.05) is 13.7 Å². The molecular weight excluding hydrogens is 537 g/mol. The summed E-state index contributed by atoms with van der Waals surface area (Å²) in [6.45, 7) is 4.01. The molecule has 13 nitrogen and oxygen atoms in total. The summed E-state index contributed by atoms with van der Waals surface area (Å²) in [6.07, 6.45) is -1.99. The molecule has 0 spiro atoms. The molecule has 2 aromatic rings. The van der Waals surface area contributed by atoms with Crippen molar-refractivity contribution in [1.82, 2.24) is 15.6 Å². The second kappa shape index (κ2) is 16.1. The Morgan fingerprint density at radius 2 is 1.63 bits per heavy atom. The Kier molecular flexibility index (Phi) is 12.9. The van der Waals surface area contributed by atoms with Crippen LogP contribution in [0.1, 0.15) is 44.1 Å². The minimum atomic E-state index is -1.61. The Morgan fingerprint density at radius 3 is 2.22 bits per heavy atom. The molecular formula is C27H34BN3O10. The summed E-state index contributed by atoms with van der Waals surface area (Å²) in [6, 6.07) is 12.5. The summed E-state index contributed by atoms with van der Waals surface area (Å²) in [4.78, 5) is 65.5. The molecule has 0 aliphatic rings. The van der Waals surface area contributed by atoms with Gasteiger partial charge in [0.05, 0.1) is 24.8 Å². The third kappa shape index (κ3) is 11.0. The van der Waals surface area contributed by atoms with E-state index >= 15 is 0 Å². The van der Waals surface area contributed by atoms with E-state index < -0.39 is 68.0 Å². The van der Waals surface area contributed by atoms with Gasteiger partial charge in [-0.3, -0.25) is 19.2 Å². The number of carbonyl (C=O) groups excluding carboxylic acids is 4. The number of hydrogen-bond donors (Lipinski definition) is 4. The number of aliphatic hydroxyl groups excluding tert-OH is 1. The van der Waals surface area contributed by atoms with Gasteiger partial charge in [0.2, 0.25) is 5.91 Å². The van der Waals surface area contributed by atoms with Gasteiger partial charge < -0.3 is 34.9 Å². The number of ether oxygens (including phenoxy) is 1. The van der Waals surface area contributed by atoms with Crippen molar-refractivity contribution in [3.8, 4) is 11.3 Å². The van der Waals surface area contributed by atoms with E-state index in [1.165, 1.54) is 13.0 Å². The van der Waals surface area contributed by atoms with E-state index in [1.54, 1.807) is 26.0 Å². The summed E-state index contributed by atoms with van der Waals surface area (Å²) >= 11 is 0. The van der Waals surface area contributed by atoms with Gasteiger partial charge in [0.25, 0.3) is 5.91 Å². The summed E-state index contributed by atoms with van der Waals surface area (Å²) in [7, 11) is -0.530. The summed E-state index contributed by atoms with van der Waals surface area (Å²) < 4.78 is 14.8. The molecule has 0 bridgehead atoms. The zero-order valence-electron chi connectivity index (χ0n) is 23.2. The number of pyridine rings is 1. The second-order valence-corrected chi connectivity index (χ2v) is 9.53. The molecule has 2 amide bonds. The molecule has 0 radical (unpaired) electrons. The smallest absolute Gasteiger partial charge is 0.508 e. The molecule has 3 atom stereocenters. The van der Waals surface area contributed by atoms with E-state index in [4.69, 9.17) is 14.4 Å². The highest BCUT2D eigenvalue weighted by atomic mass is 16.6. The number of carboxylic acids is 1. The van der Waals surface area contributed by atoms with Gasteiger partial charge in [0.15, 0.2) is 0 Å². The lowest BCUT2D eigenvalue weighted by Gasteiger charge is -2.28. The lowest BCUT2D eigenvalue weighted by Crippen LogP contribution is -2.59. The van der Waals surface area contributed by atoms with Crippen LogP contribution in [0.25, 0.3) is 11.3 Å². The zero-order chi connectivity index (χ0) is 30.5. The van der Waals surface area contributed by atoms with Crippen molar-refractivity contribution in [3.63, 3.8) is 0 Å². The minimum absolute atomic E-state index is 0.00272. The lowest BCUT2D eigenvalue weighted by molar-refractivity contribution is -0.150. The fourth-order valence-electron chi connectivity index (χ4n) is 3.72. The number of nitrogens with one attached hydrogen (secondary N) is 2. The molecule has 1 aromatic heterocycles. The van der Waals surface area contributed by atoms with Gasteiger partial charge in [-0.2, -0.15) is 0 Å². The number of hydrogen-bond acceptors (Lipinski definition) is 10. The number of carbonyl (C=O) groups is 5. The van der Waals surface area contributed by atoms with Gasteiger partial charge in [-0.05, 0) is 31.4 Å². The number of amides is 2. The Labute approximate surface area is 237 Å². The van der Waals surface area contributed by atoms with Gasteiger partial charge in [-0.1, -0.05) is 50.2 Å². The van der Waals surface area contributed by atoms with Crippen LogP contribution in [0.4, 0.5) is 0 Å². The fraction of sp³-hybridized carbons (Fsp3) is 0.407. The highest BCUT2D eigenvalue weighted by molar-refractivity contribution is 6.49. The van der Waals surface area contributed by atoms with Crippen molar-refractivity contribution in [1.29, 1.82) is 0 Å². The molecule has 0 saturated heterocycles. The molecule has 2 rings (SSSR count). The average molecular weight is 571 g/mol. The quantitative estimate of drug-likeness (QED) is 0.135. The first-order valence-electron chi connectivity index (χ1n) is 12.8. The van der Waals surface area contributed by atoms with Crippen LogP contribution in [0.2, 0.25) is 0 Å². The maximum Gasteiger partial charge on any atom is 0.551 e. The Bertz CT molecular complexity index is 1210. The molecule has 14 heteroatoms. The second-order valence-electron chi connectivity index (χ2n) is 9.53. The van der Waals surface area contributed by atoms with E-state index in [-0.39, 0.29) is 18.0 Å². The monoisotopic (exact) mass is 571 g/mol. The highest BCUT2D eigenvalue weighted by Gasteiger charge is 2.39. The number of methoxy groups -OCH3 is 1. The van der Waals surface area contributed by atoms with E-state index in [0.717, 1.165) is 12.7 Å². The summed E-state index contributed by atoms with van der Waals surface area (Å²) in [5.74, 6) is -6.13. The molecule has 0 aliphatic heterocycles. The van der Waals surface area contributed by atoms with Crippen molar-refractivity contribution in [2.24, 2.45) is 5.92 Å². The molecule has 1 aromatic carbocycles. The number of rotatable bonds is 15. The number of esters is 1. The molecule has 41 heavy (non-hydrogen) atoms. The van der Waals surface area contributed by atoms with Gasteiger partial charge in [0, 0.05) is 5.56 Å². The molecule has 1 heterocycles. The summed E-state index contributed by atoms with van der Waals surface area (Å²) in [5, 5.41) is 24.5. The fourth-order valence-corrected chi connectivity index (χ4v) is 3.72. The highest BCUT2D eigenvalue weighted by Crippen LogP contribution is 2.17. The van der Waals surface area contributed by atoms with E-state index in [0.29, 0.717) is 5.69 Å². The first kappa shape index (κ1) is 32.9. The third-order valence-electron chi connectivity index (χ3n) is 5.62. The van der Waals surface area contributed by atoms with E-state index in [9.17, 15) is 29.1 Å². The van der Waals surface area contributed by atoms with E-state index in [1.807, 2.05) is 30.3 Å². The van der Waals surface area contributed by atoms with Gasteiger partial charge in [-0.25, -0.2) is 9.78 Å². The predicted octanol–water partition coefficient (Wildman–Crippen LogP) is 0.994. The zero-order valence-corrected chi connectivity index (χ0v) is 23.2. The van der Waals surface area contributed by atoms with Gasteiger partial charge in [-0.15, -0.1) is 0 Å². The first-order chi connectivity index (χ1) is 19.4. The Hall–Kier alpha value is -4.30. The number of nitrogens with zero attached hydrogens (tertiary/aromatic N) is 1. The number of benzene rings is 1. The van der Waals surface area contributed by atoms with Gasteiger partial charge in [0.1, 0.15) is 24.8 Å². The molecule has 0 saturated carbocycles. The number of aliphatic carboxylic acids is 1. The number of aromatic nitrogens is 1. The van der Waals surface area contributed by atoms with Crippen molar-refractivity contribution < 1.29 is 48.2 Å². The normalized spacial score (nSPS) is 12.9. The molecule has 0 fully saturated rings. The first-order valence-corrected chi connectivity index (χ1v) is 12.8. The van der Waals surface area contributed by atoms with Crippen LogP contribution >= 0.6 is 0 Å². The standard InChI is InChI=1S/C27H34BN3O10/c1-16(2)13-21(28(40-15-22(33)34)41-24(36)14-23(35)39-4)30-27(38)25(17(3)32)31-26(37)20-12-8-11-19(29-20)18-9-6-5-7-10-18/h5-12,16-17,21,25,32H,13-15H2,1-4H3,(H,30,38)(H,31,37)(H,33,34)/t17-,21+,25?/m1/s1. The molecule has 0 aliphatic carbocycles. The Morgan fingerprint density at radius 1 is 0.951 bits per heavy atom. The average Bonchev–Trinajstić information content (AvgIpc) is 2.93. The topological polar surface area (TPSA) is 190 Å². The van der Waals surface area contributed by atoms with Crippen LogP contribution in [0.5, 0.6) is 0 Å². The maximum absolute atomic E-state index is 13.3. The van der Waals surface area contributed by atoms with Crippen LogP contribution in [-0.4, -0.2) is 83.8 Å². The summed E-state index contributed by atoms with van der Waals surface area (Å²) in [5.41, 5.74) is 1.31. The SMILES string of the molecule is COC(=O)CC(=O)OB(OCC(=O)O)[C@H](CC(C)C)NC(=O)C(NC(=O)c1cccc(-c2ccccc2)n1)[C@@H](C)O. The molecule has 220 valence electrons. The van der Waals surface area contributed by atoms with Crippen molar-refractivity contribution in [3.05, 3.63) is 54.2 Å². The minimum Gasteiger partial charge on any atom is -0.508 e. The largest absolute Gasteiger partial charge is 0.551 e. The molecule has 1 unspecified atom stereocenters. The van der Waals surface area contributed by atoms with Crippen molar-refractivity contribution >= 4 is 36.8 Å². The lowest BCUT2D eigenvalue weighted by atomic mass is 9.73. The number of carboxylic acid groups (broad SMARTS) is 1. The van der Waals surface area contributed by atoms with E-state index in [2.05, 4.69) is 20.4 Å². The molecule has 4 N–H and O–H groups in total. The number of aliphatic hydroxyl groups is 1. The van der Waals surface area contributed by atoms with Crippen LogP contribution < -0.4 is 10.6 Å². The predicted molar refractivity (Wildman–Crippen MR) is 146 cm³/mol. The Balaban J connectivity index is 2.25. The van der Waals surface area contributed by atoms with Crippen LogP contribution in [0.15, 0.2) is 48.5 Å². The van der Waals surface area contributed by atoms with Crippen LogP contribution in [0.3, 0.4) is 0 Å². The van der Waals surface area contributed by atoms with Crippen LogP contribution in [0, 0.1) is 5.92 Å². The van der Waals surface area contributed by atoms with Gasteiger partial charge >= 0.3 is 25.0 Å². The van der Waals surface area contributed by atoms with Crippen molar-refractivity contribution in [2.45, 2.75) is 51.7 Å². The van der Waals surface area contributed by atoms with Crippen LogP contribution in [-0.2, 0) is 33.2 Å². The third-order valence-corrected chi connectivity index (χ3v) is 5.62.